The fourth-order valence-corrected chi connectivity index (χ4v) is 4.59. The van der Waals surface area contributed by atoms with Crippen LogP contribution in [0.2, 0.25) is 0 Å². The SMILES string of the molecule is COc1ccc([C@H]2N(c3ccc(OC)cc3)C(=O)[C@@]2(C)CCCc2ccccc2)cc1. The summed E-state index contributed by atoms with van der Waals surface area (Å²) in [7, 11) is 3.31. The van der Waals surface area contributed by atoms with Gasteiger partial charge in [0.05, 0.1) is 25.7 Å². The number of nitrogens with zero attached hydrogens (tertiary/aromatic N) is 1. The zero-order valence-electron chi connectivity index (χ0n) is 18.4. The standard InChI is InChI=1S/C27H29NO3/c1-27(19-7-10-20-8-5-4-6-9-20)25(21-11-15-23(30-2)16-12-21)28(26(27)29)22-13-17-24(31-3)18-14-22/h4-6,8-9,11-18,25H,7,10,19H2,1-3H3/t25-,27+/m1/s1. The molecular weight excluding hydrogens is 386 g/mol. The number of hydrogen-bond acceptors (Lipinski definition) is 3. The van der Waals surface area contributed by atoms with Gasteiger partial charge in [-0.2, -0.15) is 0 Å². The molecule has 4 heteroatoms. The number of β-lactam (4-membered cyclic amide) rings is 1. The van der Waals surface area contributed by atoms with Gasteiger partial charge in [-0.05, 0) is 73.7 Å². The molecule has 1 aliphatic rings. The van der Waals surface area contributed by atoms with Crippen molar-refractivity contribution in [3.63, 3.8) is 0 Å². The molecule has 1 saturated heterocycles. The van der Waals surface area contributed by atoms with E-state index in [1.165, 1.54) is 5.56 Å². The van der Waals surface area contributed by atoms with Crippen molar-refractivity contribution in [1.82, 2.24) is 0 Å². The van der Waals surface area contributed by atoms with E-state index in [1.807, 2.05) is 47.4 Å². The van der Waals surface area contributed by atoms with Crippen LogP contribution >= 0.6 is 0 Å². The molecule has 0 spiro atoms. The number of anilines is 1. The Hall–Kier alpha value is -3.27. The highest BCUT2D eigenvalue weighted by Gasteiger charge is 2.57. The van der Waals surface area contributed by atoms with Gasteiger partial charge in [0, 0.05) is 5.69 Å². The van der Waals surface area contributed by atoms with E-state index < -0.39 is 5.41 Å². The van der Waals surface area contributed by atoms with E-state index >= 15 is 0 Å². The smallest absolute Gasteiger partial charge is 0.235 e. The van der Waals surface area contributed by atoms with Crippen LogP contribution < -0.4 is 14.4 Å². The van der Waals surface area contributed by atoms with E-state index in [9.17, 15) is 4.79 Å². The fraction of sp³-hybridized carbons (Fsp3) is 0.296. The number of carbonyl (C=O) groups is 1. The van der Waals surface area contributed by atoms with Crippen LogP contribution in [-0.2, 0) is 11.2 Å². The van der Waals surface area contributed by atoms with Gasteiger partial charge in [-0.15, -0.1) is 0 Å². The Morgan fingerprint density at radius 3 is 2.00 bits per heavy atom. The molecule has 31 heavy (non-hydrogen) atoms. The minimum atomic E-state index is -0.441. The molecule has 4 rings (SSSR count). The molecule has 1 fully saturated rings. The van der Waals surface area contributed by atoms with Crippen LogP contribution in [0.15, 0.2) is 78.9 Å². The van der Waals surface area contributed by atoms with Gasteiger partial charge in [0.15, 0.2) is 0 Å². The van der Waals surface area contributed by atoms with Gasteiger partial charge in [-0.25, -0.2) is 0 Å². The highest BCUT2D eigenvalue weighted by Crippen LogP contribution is 2.54. The lowest BCUT2D eigenvalue weighted by Crippen LogP contribution is -2.62. The molecule has 0 unspecified atom stereocenters. The average Bonchev–Trinajstić information content (AvgIpc) is 2.83. The van der Waals surface area contributed by atoms with Crippen LogP contribution in [0.1, 0.15) is 36.9 Å². The molecule has 1 heterocycles. The average molecular weight is 416 g/mol. The molecule has 0 bridgehead atoms. The zero-order valence-corrected chi connectivity index (χ0v) is 18.4. The first-order valence-electron chi connectivity index (χ1n) is 10.7. The number of aryl methyl sites for hydroxylation is 1. The second-order valence-electron chi connectivity index (χ2n) is 8.31. The normalized spacial score (nSPS) is 20.3. The summed E-state index contributed by atoms with van der Waals surface area (Å²) in [5.41, 5.74) is 2.89. The zero-order chi connectivity index (χ0) is 21.8. The highest BCUT2D eigenvalue weighted by atomic mass is 16.5. The Kier molecular flexibility index (Phi) is 5.99. The quantitative estimate of drug-likeness (QED) is 0.435. The summed E-state index contributed by atoms with van der Waals surface area (Å²) in [6.07, 6.45) is 2.78. The van der Waals surface area contributed by atoms with Crippen molar-refractivity contribution in [3.8, 4) is 11.5 Å². The Morgan fingerprint density at radius 1 is 0.839 bits per heavy atom. The molecule has 3 aromatic carbocycles. The molecule has 160 valence electrons. The second-order valence-corrected chi connectivity index (χ2v) is 8.31. The van der Waals surface area contributed by atoms with Gasteiger partial charge in [-0.1, -0.05) is 42.5 Å². The Morgan fingerprint density at radius 2 is 1.42 bits per heavy atom. The maximum atomic E-state index is 13.5. The van der Waals surface area contributed by atoms with Crippen LogP contribution in [0, 0.1) is 5.41 Å². The number of rotatable bonds is 8. The maximum Gasteiger partial charge on any atom is 0.235 e. The summed E-state index contributed by atoms with van der Waals surface area (Å²) in [5.74, 6) is 1.77. The number of carbonyl (C=O) groups excluding carboxylic acids is 1. The van der Waals surface area contributed by atoms with Crippen LogP contribution in [-0.4, -0.2) is 20.1 Å². The van der Waals surface area contributed by atoms with E-state index in [2.05, 4.69) is 43.3 Å². The van der Waals surface area contributed by atoms with E-state index in [0.29, 0.717) is 0 Å². The summed E-state index contributed by atoms with van der Waals surface area (Å²) < 4.78 is 10.6. The summed E-state index contributed by atoms with van der Waals surface area (Å²) >= 11 is 0. The van der Waals surface area contributed by atoms with Crippen LogP contribution in [0.3, 0.4) is 0 Å². The first-order chi connectivity index (χ1) is 15.1. The number of ether oxygens (including phenoxy) is 2. The third-order valence-electron chi connectivity index (χ3n) is 6.36. The van der Waals surface area contributed by atoms with E-state index in [1.54, 1.807) is 14.2 Å². The van der Waals surface area contributed by atoms with Gasteiger partial charge in [0.1, 0.15) is 11.5 Å². The molecule has 3 aromatic rings. The summed E-state index contributed by atoms with van der Waals surface area (Å²) in [5, 5.41) is 0. The molecule has 0 aromatic heterocycles. The summed E-state index contributed by atoms with van der Waals surface area (Å²) in [6, 6.07) is 26.2. The van der Waals surface area contributed by atoms with Crippen molar-refractivity contribution in [2.45, 2.75) is 32.2 Å². The predicted molar refractivity (Wildman–Crippen MR) is 124 cm³/mol. The number of methoxy groups -OCH3 is 2. The molecule has 0 radical (unpaired) electrons. The van der Waals surface area contributed by atoms with Crippen LogP contribution in [0.25, 0.3) is 0 Å². The second kappa shape index (κ2) is 8.84. The van der Waals surface area contributed by atoms with Gasteiger partial charge < -0.3 is 14.4 Å². The van der Waals surface area contributed by atoms with Crippen molar-refractivity contribution in [3.05, 3.63) is 90.0 Å². The Labute approximate surface area is 184 Å². The molecule has 2 atom stereocenters. The first kappa shape index (κ1) is 21.0. The molecule has 0 saturated carbocycles. The molecule has 0 aliphatic carbocycles. The van der Waals surface area contributed by atoms with E-state index in [0.717, 1.165) is 42.0 Å². The van der Waals surface area contributed by atoms with Crippen molar-refractivity contribution in [2.24, 2.45) is 5.41 Å². The van der Waals surface area contributed by atoms with E-state index in [-0.39, 0.29) is 11.9 Å². The van der Waals surface area contributed by atoms with Gasteiger partial charge in [0.25, 0.3) is 0 Å². The predicted octanol–water partition coefficient (Wildman–Crippen LogP) is 5.82. The van der Waals surface area contributed by atoms with E-state index in [4.69, 9.17) is 9.47 Å². The summed E-state index contributed by atoms with van der Waals surface area (Å²) in [4.78, 5) is 15.4. The third-order valence-corrected chi connectivity index (χ3v) is 6.36. The third kappa shape index (κ3) is 4.02. The molecule has 0 N–H and O–H groups in total. The molecule has 4 nitrogen and oxygen atoms in total. The van der Waals surface area contributed by atoms with Gasteiger partial charge in [0.2, 0.25) is 5.91 Å². The van der Waals surface area contributed by atoms with Gasteiger partial charge >= 0.3 is 0 Å². The van der Waals surface area contributed by atoms with Crippen LogP contribution in [0.5, 0.6) is 11.5 Å². The Bertz CT molecular complexity index is 1010. The minimum absolute atomic E-state index is 0.0184. The lowest BCUT2D eigenvalue weighted by Gasteiger charge is -2.55. The molecule has 1 amide bonds. The van der Waals surface area contributed by atoms with Crippen molar-refractivity contribution >= 4 is 11.6 Å². The minimum Gasteiger partial charge on any atom is -0.497 e. The summed E-state index contributed by atoms with van der Waals surface area (Å²) in [6.45, 7) is 2.11. The van der Waals surface area contributed by atoms with Crippen molar-refractivity contribution in [1.29, 1.82) is 0 Å². The lowest BCUT2D eigenvalue weighted by molar-refractivity contribution is -0.139. The van der Waals surface area contributed by atoms with Crippen molar-refractivity contribution < 1.29 is 14.3 Å². The largest absolute Gasteiger partial charge is 0.497 e. The fourth-order valence-electron chi connectivity index (χ4n) is 4.59. The molecule has 1 aliphatic heterocycles. The maximum absolute atomic E-state index is 13.5. The monoisotopic (exact) mass is 415 g/mol. The number of hydrogen-bond donors (Lipinski definition) is 0. The van der Waals surface area contributed by atoms with Crippen LogP contribution in [0.4, 0.5) is 5.69 Å². The Balaban J connectivity index is 1.60. The topological polar surface area (TPSA) is 38.8 Å². The number of benzene rings is 3. The van der Waals surface area contributed by atoms with Gasteiger partial charge in [-0.3, -0.25) is 4.79 Å². The molecular formula is C27H29NO3. The number of amides is 1. The lowest BCUT2D eigenvalue weighted by atomic mass is 9.66. The van der Waals surface area contributed by atoms with Crippen molar-refractivity contribution in [2.75, 3.05) is 19.1 Å². The highest BCUT2D eigenvalue weighted by molar-refractivity contribution is 6.06. The first-order valence-corrected chi connectivity index (χ1v) is 10.7.